The minimum Gasteiger partial charge on any atom is -0.311 e. The number of nitrogens with zero attached hydrogens (tertiary/aromatic N) is 1. The summed E-state index contributed by atoms with van der Waals surface area (Å²) in [7, 11) is 0. The van der Waals surface area contributed by atoms with Gasteiger partial charge in [-0.2, -0.15) is 0 Å². The molecular formula is C20H19N2OS+. The van der Waals surface area contributed by atoms with Crippen molar-refractivity contribution in [2.24, 2.45) is 0 Å². The Kier molecular flexibility index (Phi) is 3.21. The van der Waals surface area contributed by atoms with E-state index in [2.05, 4.69) is 41.8 Å². The first-order valence-corrected chi connectivity index (χ1v) is 9.42. The minimum atomic E-state index is 0.158. The van der Waals surface area contributed by atoms with Crippen molar-refractivity contribution in [3.05, 3.63) is 64.4 Å². The van der Waals surface area contributed by atoms with E-state index in [4.69, 9.17) is 0 Å². The van der Waals surface area contributed by atoms with Crippen LogP contribution in [0.15, 0.2) is 53.9 Å². The third kappa shape index (κ3) is 2.03. The highest BCUT2D eigenvalue weighted by Crippen LogP contribution is 2.36. The standard InChI is InChI=1S/C20H18N2OS/c23-20-15-7-1-5-14-6-2-8-17(19(14)15)22(20)13-21-11-3-9-16(21)18-10-4-12-24-18/h1-2,4-8,10,12,16H,3,9,11,13H2/p+1/t16-/m0/s1. The van der Waals surface area contributed by atoms with Crippen molar-refractivity contribution >= 4 is 33.7 Å². The zero-order chi connectivity index (χ0) is 16.1. The number of likely N-dealkylation sites (tertiary alicyclic amines) is 1. The Morgan fingerprint density at radius 1 is 1.12 bits per heavy atom. The van der Waals surface area contributed by atoms with Gasteiger partial charge >= 0.3 is 0 Å². The molecule has 3 nitrogen and oxygen atoms in total. The van der Waals surface area contributed by atoms with Gasteiger partial charge in [0.1, 0.15) is 6.04 Å². The Balaban J connectivity index is 1.50. The molecule has 1 unspecified atom stereocenters. The summed E-state index contributed by atoms with van der Waals surface area (Å²) in [6.07, 6.45) is 2.45. The van der Waals surface area contributed by atoms with E-state index in [1.807, 2.05) is 28.4 Å². The summed E-state index contributed by atoms with van der Waals surface area (Å²) in [6, 6.07) is 17.2. The zero-order valence-corrected chi connectivity index (χ0v) is 14.2. The maximum Gasteiger partial charge on any atom is 0.263 e. The number of carbonyl (C=O) groups excluding carboxylic acids is 1. The molecule has 1 amide bonds. The van der Waals surface area contributed by atoms with E-state index in [9.17, 15) is 4.79 Å². The fraction of sp³-hybridized carbons (Fsp3) is 0.250. The molecule has 5 rings (SSSR count). The number of anilines is 1. The van der Waals surface area contributed by atoms with Gasteiger partial charge < -0.3 is 4.90 Å². The number of hydrogen-bond acceptors (Lipinski definition) is 2. The Labute approximate surface area is 145 Å². The van der Waals surface area contributed by atoms with Crippen molar-refractivity contribution in [2.75, 3.05) is 18.1 Å². The molecule has 2 aliphatic heterocycles. The molecule has 1 aromatic heterocycles. The maximum absolute atomic E-state index is 13.0. The molecule has 0 bridgehead atoms. The molecule has 1 saturated heterocycles. The van der Waals surface area contributed by atoms with Gasteiger partial charge in [0.15, 0.2) is 6.67 Å². The molecule has 120 valence electrons. The van der Waals surface area contributed by atoms with Crippen molar-refractivity contribution in [1.29, 1.82) is 0 Å². The third-order valence-corrected chi connectivity index (χ3v) is 6.37. The van der Waals surface area contributed by atoms with Gasteiger partial charge in [-0.05, 0) is 29.0 Å². The molecule has 1 fully saturated rings. The van der Waals surface area contributed by atoms with Crippen LogP contribution >= 0.6 is 11.3 Å². The van der Waals surface area contributed by atoms with E-state index in [1.54, 1.807) is 0 Å². The van der Waals surface area contributed by atoms with Gasteiger partial charge in [0.05, 0.1) is 22.7 Å². The van der Waals surface area contributed by atoms with Crippen molar-refractivity contribution in [3.63, 3.8) is 0 Å². The molecule has 4 heteroatoms. The van der Waals surface area contributed by atoms with Gasteiger partial charge in [-0.1, -0.05) is 30.3 Å². The highest BCUT2D eigenvalue weighted by Gasteiger charge is 2.37. The quantitative estimate of drug-likeness (QED) is 0.781. The van der Waals surface area contributed by atoms with Gasteiger partial charge in [-0.25, -0.2) is 0 Å². The lowest BCUT2D eigenvalue weighted by Gasteiger charge is -2.26. The molecule has 0 aliphatic carbocycles. The number of amides is 1. The molecule has 2 aromatic carbocycles. The van der Waals surface area contributed by atoms with Crippen LogP contribution in [-0.2, 0) is 0 Å². The summed E-state index contributed by atoms with van der Waals surface area (Å²) in [6.45, 7) is 1.90. The van der Waals surface area contributed by atoms with Crippen LogP contribution in [0.1, 0.15) is 34.1 Å². The first-order valence-electron chi connectivity index (χ1n) is 8.54. The molecule has 1 N–H and O–H groups in total. The molecule has 0 saturated carbocycles. The lowest BCUT2D eigenvalue weighted by Crippen LogP contribution is -3.12. The Morgan fingerprint density at radius 2 is 2.00 bits per heavy atom. The number of quaternary nitrogens is 1. The molecule has 0 radical (unpaired) electrons. The predicted molar refractivity (Wildman–Crippen MR) is 97.7 cm³/mol. The first kappa shape index (κ1) is 14.2. The Morgan fingerprint density at radius 3 is 2.83 bits per heavy atom. The first-order chi connectivity index (χ1) is 11.8. The Bertz CT molecular complexity index is 913. The normalized spacial score (nSPS) is 22.7. The van der Waals surface area contributed by atoms with Crippen LogP contribution in [0.2, 0.25) is 0 Å². The van der Waals surface area contributed by atoms with Crippen LogP contribution in [0.3, 0.4) is 0 Å². The third-order valence-electron chi connectivity index (χ3n) is 5.38. The summed E-state index contributed by atoms with van der Waals surface area (Å²) in [5.74, 6) is 0.158. The number of carbonyl (C=O) groups is 1. The van der Waals surface area contributed by atoms with Gasteiger partial charge in [0.25, 0.3) is 5.91 Å². The molecule has 2 aliphatic rings. The van der Waals surface area contributed by atoms with Crippen LogP contribution in [0, 0.1) is 0 Å². The number of thiophene rings is 1. The minimum absolute atomic E-state index is 0.158. The summed E-state index contributed by atoms with van der Waals surface area (Å²) in [5.41, 5.74) is 1.94. The smallest absolute Gasteiger partial charge is 0.263 e. The summed E-state index contributed by atoms with van der Waals surface area (Å²) in [5, 5.41) is 4.44. The van der Waals surface area contributed by atoms with Crippen LogP contribution < -0.4 is 9.80 Å². The second kappa shape index (κ2) is 5.43. The van der Waals surface area contributed by atoms with Crippen molar-refractivity contribution in [2.45, 2.75) is 18.9 Å². The lowest BCUT2D eigenvalue weighted by molar-refractivity contribution is -0.916. The van der Waals surface area contributed by atoms with E-state index in [1.165, 1.54) is 22.6 Å². The van der Waals surface area contributed by atoms with Gasteiger partial charge in [-0.3, -0.25) is 9.69 Å². The van der Waals surface area contributed by atoms with Crippen molar-refractivity contribution in [3.8, 4) is 0 Å². The predicted octanol–water partition coefficient (Wildman–Crippen LogP) is 3.24. The summed E-state index contributed by atoms with van der Waals surface area (Å²) < 4.78 is 0. The Hall–Kier alpha value is -2.17. The molecule has 0 spiro atoms. The summed E-state index contributed by atoms with van der Waals surface area (Å²) >= 11 is 1.84. The summed E-state index contributed by atoms with van der Waals surface area (Å²) in [4.78, 5) is 17.9. The van der Waals surface area contributed by atoms with Crippen LogP contribution in [0.5, 0.6) is 0 Å². The number of rotatable bonds is 3. The highest BCUT2D eigenvalue weighted by molar-refractivity contribution is 7.10. The lowest BCUT2D eigenvalue weighted by atomic mass is 10.1. The average molecular weight is 335 g/mol. The second-order valence-electron chi connectivity index (χ2n) is 6.69. The number of benzene rings is 2. The van der Waals surface area contributed by atoms with Crippen molar-refractivity contribution < 1.29 is 9.69 Å². The van der Waals surface area contributed by atoms with Gasteiger partial charge in [-0.15, -0.1) is 11.3 Å². The zero-order valence-electron chi connectivity index (χ0n) is 13.4. The number of hydrogen-bond donors (Lipinski definition) is 1. The largest absolute Gasteiger partial charge is 0.311 e. The fourth-order valence-corrected chi connectivity index (χ4v) is 5.19. The average Bonchev–Trinajstić information content (AvgIpc) is 3.33. The van der Waals surface area contributed by atoms with E-state index in [0.29, 0.717) is 6.04 Å². The topological polar surface area (TPSA) is 24.8 Å². The molecule has 24 heavy (non-hydrogen) atoms. The van der Waals surface area contributed by atoms with Gasteiger partial charge in [0, 0.05) is 18.2 Å². The molecular weight excluding hydrogens is 316 g/mol. The molecule has 2 atom stereocenters. The van der Waals surface area contributed by atoms with Crippen molar-refractivity contribution in [1.82, 2.24) is 0 Å². The fourth-order valence-electron chi connectivity index (χ4n) is 4.27. The van der Waals surface area contributed by atoms with Crippen LogP contribution in [0.25, 0.3) is 10.8 Å². The van der Waals surface area contributed by atoms with Crippen LogP contribution in [0.4, 0.5) is 5.69 Å². The highest BCUT2D eigenvalue weighted by atomic mass is 32.1. The van der Waals surface area contributed by atoms with E-state index in [0.717, 1.165) is 35.2 Å². The molecule has 3 aromatic rings. The van der Waals surface area contributed by atoms with Crippen LogP contribution in [-0.4, -0.2) is 19.1 Å². The maximum atomic E-state index is 13.0. The number of nitrogens with one attached hydrogen (secondary N) is 1. The SMILES string of the molecule is O=C1c2cccc3cccc(c23)N1C[NH+]1CCC[C@H]1c1cccs1. The second-order valence-corrected chi connectivity index (χ2v) is 7.67. The molecule has 3 heterocycles. The van der Waals surface area contributed by atoms with E-state index in [-0.39, 0.29) is 5.91 Å². The van der Waals surface area contributed by atoms with E-state index < -0.39 is 0 Å². The monoisotopic (exact) mass is 335 g/mol. The van der Waals surface area contributed by atoms with Gasteiger partial charge in [0.2, 0.25) is 0 Å². The van der Waals surface area contributed by atoms with E-state index >= 15 is 0 Å².